The molecule has 0 radical (unpaired) electrons. The summed E-state index contributed by atoms with van der Waals surface area (Å²) in [5, 5.41) is 5.18. The fourth-order valence-electron chi connectivity index (χ4n) is 2.17. The summed E-state index contributed by atoms with van der Waals surface area (Å²) in [6, 6.07) is 4.72. The predicted octanol–water partition coefficient (Wildman–Crippen LogP) is 0.524. The number of anilines is 1. The number of nitrogens with one attached hydrogen (secondary N) is 2. The first-order valence-electron chi connectivity index (χ1n) is 6.37. The molecular formula is C14H17N3O3. The first-order chi connectivity index (χ1) is 9.43. The maximum absolute atomic E-state index is 12.5. The molecule has 106 valence electrons. The highest BCUT2D eigenvalue weighted by Gasteiger charge is 2.34. The van der Waals surface area contributed by atoms with Crippen LogP contribution in [0.1, 0.15) is 22.8 Å². The second-order valence-corrected chi connectivity index (χ2v) is 4.82. The fraction of sp³-hybridized carbons (Fsp3) is 0.357. The average molecular weight is 275 g/mol. The molecule has 0 bridgehead atoms. The number of rotatable bonds is 2. The van der Waals surface area contributed by atoms with Crippen LogP contribution in [0.4, 0.5) is 5.69 Å². The molecule has 3 amide bonds. The van der Waals surface area contributed by atoms with Crippen molar-refractivity contribution in [2.45, 2.75) is 19.9 Å². The minimum atomic E-state index is -0.661. The van der Waals surface area contributed by atoms with Gasteiger partial charge in [-0.1, -0.05) is 6.07 Å². The highest BCUT2D eigenvalue weighted by molar-refractivity contribution is 6.08. The van der Waals surface area contributed by atoms with Gasteiger partial charge < -0.3 is 10.2 Å². The van der Waals surface area contributed by atoms with E-state index < -0.39 is 17.9 Å². The van der Waals surface area contributed by atoms with Crippen molar-refractivity contribution in [2.24, 2.45) is 0 Å². The third-order valence-corrected chi connectivity index (χ3v) is 3.36. The first-order valence-corrected chi connectivity index (χ1v) is 6.37. The van der Waals surface area contributed by atoms with Crippen molar-refractivity contribution in [3.63, 3.8) is 0 Å². The minimum Gasteiger partial charge on any atom is -0.387 e. The van der Waals surface area contributed by atoms with Crippen LogP contribution in [0.5, 0.6) is 0 Å². The molecule has 6 nitrogen and oxygen atoms in total. The Kier molecular flexibility index (Phi) is 3.74. The lowest BCUT2D eigenvalue weighted by Crippen LogP contribution is -2.58. The summed E-state index contributed by atoms with van der Waals surface area (Å²) in [7, 11) is 1.73. The van der Waals surface area contributed by atoms with E-state index >= 15 is 0 Å². The van der Waals surface area contributed by atoms with Crippen molar-refractivity contribution in [3.8, 4) is 0 Å². The lowest BCUT2D eigenvalue weighted by Gasteiger charge is -2.32. The number of benzene rings is 1. The lowest BCUT2D eigenvalue weighted by molar-refractivity contribution is -0.138. The maximum atomic E-state index is 12.5. The van der Waals surface area contributed by atoms with Gasteiger partial charge in [-0.3, -0.25) is 19.7 Å². The number of carbonyl (C=O) groups is 3. The molecule has 1 aromatic carbocycles. The second-order valence-electron chi connectivity index (χ2n) is 4.82. The van der Waals surface area contributed by atoms with Crippen molar-refractivity contribution in [1.29, 1.82) is 0 Å². The predicted molar refractivity (Wildman–Crippen MR) is 74.4 cm³/mol. The van der Waals surface area contributed by atoms with E-state index in [1.54, 1.807) is 20.0 Å². The van der Waals surface area contributed by atoms with Gasteiger partial charge in [-0.2, -0.15) is 0 Å². The molecule has 0 saturated carbocycles. The maximum Gasteiger partial charge on any atom is 0.257 e. The smallest absolute Gasteiger partial charge is 0.257 e. The summed E-state index contributed by atoms with van der Waals surface area (Å²) in [5.41, 5.74) is 2.15. The molecule has 2 N–H and O–H groups in total. The Morgan fingerprint density at radius 2 is 2.10 bits per heavy atom. The van der Waals surface area contributed by atoms with E-state index in [2.05, 4.69) is 10.6 Å². The van der Waals surface area contributed by atoms with Gasteiger partial charge in [0, 0.05) is 12.7 Å². The monoisotopic (exact) mass is 275 g/mol. The minimum absolute atomic E-state index is 0.108. The van der Waals surface area contributed by atoms with Gasteiger partial charge in [-0.05, 0) is 31.5 Å². The van der Waals surface area contributed by atoms with Gasteiger partial charge in [0.1, 0.15) is 12.6 Å². The van der Waals surface area contributed by atoms with Gasteiger partial charge in [-0.15, -0.1) is 0 Å². The quantitative estimate of drug-likeness (QED) is 0.771. The molecule has 0 aliphatic carbocycles. The largest absolute Gasteiger partial charge is 0.387 e. The highest BCUT2D eigenvalue weighted by atomic mass is 16.2. The molecule has 1 fully saturated rings. The van der Waals surface area contributed by atoms with Crippen LogP contribution in [0.15, 0.2) is 18.2 Å². The van der Waals surface area contributed by atoms with E-state index in [-0.39, 0.29) is 12.5 Å². The number of aryl methyl sites for hydroxylation is 1. The fourth-order valence-corrected chi connectivity index (χ4v) is 2.17. The number of imide groups is 1. The topological polar surface area (TPSA) is 78.5 Å². The number of piperazine rings is 1. The summed E-state index contributed by atoms with van der Waals surface area (Å²) in [6.07, 6.45) is 0. The molecule has 1 heterocycles. The van der Waals surface area contributed by atoms with E-state index in [0.29, 0.717) is 11.3 Å². The Balaban J connectivity index is 2.35. The van der Waals surface area contributed by atoms with Crippen LogP contribution >= 0.6 is 0 Å². The molecule has 1 aromatic rings. The van der Waals surface area contributed by atoms with Gasteiger partial charge >= 0.3 is 0 Å². The van der Waals surface area contributed by atoms with Crippen molar-refractivity contribution < 1.29 is 14.4 Å². The number of hydrogen-bond donors (Lipinski definition) is 2. The molecule has 1 saturated heterocycles. The lowest BCUT2D eigenvalue weighted by atomic mass is 10.1. The SMILES string of the molecule is CNc1cc(C)ccc1C(=O)N1CC(=O)NC(=O)C1C. The molecule has 1 aliphatic rings. The van der Waals surface area contributed by atoms with E-state index in [1.165, 1.54) is 4.90 Å². The standard InChI is InChI=1S/C14H17N3O3/c1-8-4-5-10(11(6-8)15-3)14(20)17-7-12(18)16-13(19)9(17)2/h4-6,9,15H,7H2,1-3H3,(H,16,18,19). The van der Waals surface area contributed by atoms with Gasteiger partial charge in [0.05, 0.1) is 5.56 Å². The number of nitrogens with zero attached hydrogens (tertiary/aromatic N) is 1. The summed E-state index contributed by atoms with van der Waals surface area (Å²) in [6.45, 7) is 3.42. The summed E-state index contributed by atoms with van der Waals surface area (Å²) >= 11 is 0. The Hall–Kier alpha value is -2.37. The highest BCUT2D eigenvalue weighted by Crippen LogP contribution is 2.20. The second kappa shape index (κ2) is 5.32. The number of amides is 3. The summed E-state index contributed by atoms with van der Waals surface area (Å²) in [5.74, 6) is -1.24. The molecule has 2 rings (SSSR count). The van der Waals surface area contributed by atoms with Crippen LogP contribution in [-0.4, -0.2) is 42.3 Å². The van der Waals surface area contributed by atoms with Crippen molar-refractivity contribution in [3.05, 3.63) is 29.3 Å². The van der Waals surface area contributed by atoms with E-state index in [9.17, 15) is 14.4 Å². The number of carbonyl (C=O) groups excluding carboxylic acids is 3. The summed E-state index contributed by atoms with van der Waals surface area (Å²) < 4.78 is 0. The van der Waals surface area contributed by atoms with Gasteiger partial charge in [0.2, 0.25) is 11.8 Å². The Labute approximate surface area is 117 Å². The molecule has 1 unspecified atom stereocenters. The molecule has 1 atom stereocenters. The van der Waals surface area contributed by atoms with Crippen LogP contribution in [-0.2, 0) is 9.59 Å². The van der Waals surface area contributed by atoms with Crippen molar-refractivity contribution in [2.75, 3.05) is 18.9 Å². The molecule has 6 heteroatoms. The van der Waals surface area contributed by atoms with Crippen LogP contribution in [0.25, 0.3) is 0 Å². The van der Waals surface area contributed by atoms with Gasteiger partial charge in [-0.25, -0.2) is 0 Å². The van der Waals surface area contributed by atoms with E-state index in [4.69, 9.17) is 0 Å². The third-order valence-electron chi connectivity index (χ3n) is 3.36. The van der Waals surface area contributed by atoms with Crippen molar-refractivity contribution >= 4 is 23.4 Å². The zero-order valence-electron chi connectivity index (χ0n) is 11.7. The van der Waals surface area contributed by atoms with Crippen molar-refractivity contribution in [1.82, 2.24) is 10.2 Å². The normalized spacial score (nSPS) is 18.8. The molecule has 20 heavy (non-hydrogen) atoms. The Morgan fingerprint density at radius 3 is 2.75 bits per heavy atom. The summed E-state index contributed by atoms with van der Waals surface area (Å²) in [4.78, 5) is 36.9. The Bertz CT molecular complexity index is 583. The van der Waals surface area contributed by atoms with E-state index in [1.807, 2.05) is 19.1 Å². The van der Waals surface area contributed by atoms with E-state index in [0.717, 1.165) is 5.56 Å². The van der Waals surface area contributed by atoms with Crippen LogP contribution < -0.4 is 10.6 Å². The van der Waals surface area contributed by atoms with Crippen LogP contribution in [0, 0.1) is 6.92 Å². The van der Waals surface area contributed by atoms with Crippen LogP contribution in [0.2, 0.25) is 0 Å². The third kappa shape index (κ3) is 2.49. The first kappa shape index (κ1) is 14.0. The van der Waals surface area contributed by atoms with Gasteiger partial charge in [0.25, 0.3) is 5.91 Å². The zero-order chi connectivity index (χ0) is 14.9. The Morgan fingerprint density at radius 1 is 1.40 bits per heavy atom. The van der Waals surface area contributed by atoms with Gasteiger partial charge in [0.15, 0.2) is 0 Å². The zero-order valence-corrected chi connectivity index (χ0v) is 11.7. The molecule has 0 aromatic heterocycles. The molecule has 0 spiro atoms. The average Bonchev–Trinajstić information content (AvgIpc) is 2.41. The molecule has 1 aliphatic heterocycles. The number of hydrogen-bond acceptors (Lipinski definition) is 4. The molecular weight excluding hydrogens is 258 g/mol. The van der Waals surface area contributed by atoms with Crippen LogP contribution in [0.3, 0.4) is 0 Å².